The maximum atomic E-state index is 13.0. The van der Waals surface area contributed by atoms with Gasteiger partial charge in [0.15, 0.2) is 0 Å². The molecule has 3 N–H and O–H groups in total. The van der Waals surface area contributed by atoms with Crippen molar-refractivity contribution in [2.24, 2.45) is 5.73 Å². The van der Waals surface area contributed by atoms with E-state index < -0.39 is 17.2 Å². The van der Waals surface area contributed by atoms with Crippen LogP contribution in [-0.4, -0.2) is 14.5 Å². The highest BCUT2D eigenvalue weighted by atomic mass is 16.3. The lowest BCUT2D eigenvalue weighted by molar-refractivity contribution is 0.451. The van der Waals surface area contributed by atoms with Gasteiger partial charge in [0.25, 0.3) is 11.1 Å². The molecular formula is C18H12N4O3. The Labute approximate surface area is 141 Å². The van der Waals surface area contributed by atoms with E-state index in [1.165, 1.54) is 6.07 Å². The fourth-order valence-corrected chi connectivity index (χ4v) is 3.24. The third kappa shape index (κ3) is 1.85. The summed E-state index contributed by atoms with van der Waals surface area (Å²) in [5.74, 6) is -0.197. The van der Waals surface area contributed by atoms with Crippen molar-refractivity contribution in [3.05, 3.63) is 80.4 Å². The second-order valence-corrected chi connectivity index (χ2v) is 5.68. The van der Waals surface area contributed by atoms with Gasteiger partial charge in [-0.2, -0.15) is 9.94 Å². The van der Waals surface area contributed by atoms with Gasteiger partial charge in [-0.3, -0.25) is 9.59 Å². The van der Waals surface area contributed by atoms with Crippen LogP contribution in [0.25, 0.3) is 16.6 Å². The maximum absolute atomic E-state index is 13.0. The minimum atomic E-state index is -0.962. The average Bonchev–Trinajstić information content (AvgIpc) is 2.92. The van der Waals surface area contributed by atoms with Crippen molar-refractivity contribution in [2.45, 2.75) is 6.04 Å². The summed E-state index contributed by atoms with van der Waals surface area (Å²) < 4.78 is 2.15. The smallest absolute Gasteiger partial charge is 0.279 e. The largest absolute Gasteiger partial charge is 0.508 e. The molecule has 3 aromatic rings. The zero-order valence-electron chi connectivity index (χ0n) is 12.9. The molecule has 1 aromatic heterocycles. The summed E-state index contributed by atoms with van der Waals surface area (Å²) in [4.78, 5) is 25.8. The monoisotopic (exact) mass is 332 g/mol. The molecule has 7 heteroatoms. The van der Waals surface area contributed by atoms with Crippen molar-refractivity contribution in [1.82, 2.24) is 9.36 Å². The second-order valence-electron chi connectivity index (χ2n) is 5.68. The summed E-state index contributed by atoms with van der Waals surface area (Å²) in [5.41, 5.74) is 5.43. The number of benzene rings is 2. The van der Waals surface area contributed by atoms with Crippen LogP contribution in [-0.2, 0) is 0 Å². The number of nitriles is 1. The molecule has 0 radical (unpaired) electrons. The number of fused-ring (bicyclic) bond motifs is 2. The number of allylic oxidation sites excluding steroid dienone is 1. The molecule has 0 spiro atoms. The molecule has 122 valence electrons. The van der Waals surface area contributed by atoms with Gasteiger partial charge in [-0.1, -0.05) is 30.3 Å². The standard InChI is InChI=1S/C18H12N4O3/c19-9-13-15(12-7-3-4-8-14(12)23)21-17(24)10-5-1-2-6-11(10)18(25)22(21)16(13)20/h1-8,15,23H,20H2. The molecule has 7 nitrogen and oxygen atoms in total. The van der Waals surface area contributed by atoms with Crippen molar-refractivity contribution in [1.29, 1.82) is 5.26 Å². The van der Waals surface area contributed by atoms with Crippen molar-refractivity contribution >= 4 is 16.6 Å². The molecule has 1 aliphatic heterocycles. The van der Waals surface area contributed by atoms with Gasteiger partial charge < -0.3 is 10.8 Å². The minimum Gasteiger partial charge on any atom is -0.508 e. The summed E-state index contributed by atoms with van der Waals surface area (Å²) in [7, 11) is 0. The van der Waals surface area contributed by atoms with Gasteiger partial charge in [0, 0.05) is 5.56 Å². The van der Waals surface area contributed by atoms with Gasteiger partial charge in [-0.25, -0.2) is 4.68 Å². The molecule has 1 atom stereocenters. The number of nitrogens with two attached hydrogens (primary N) is 1. The summed E-state index contributed by atoms with van der Waals surface area (Å²) in [6, 6.07) is 13.8. The Morgan fingerprint density at radius 1 is 1.00 bits per heavy atom. The van der Waals surface area contributed by atoms with Crippen LogP contribution in [0.4, 0.5) is 0 Å². The number of hydrogen-bond donors (Lipinski definition) is 2. The normalized spacial score (nSPS) is 16.0. The number of aromatic nitrogens is 2. The molecule has 0 fully saturated rings. The van der Waals surface area contributed by atoms with Gasteiger partial charge in [-0.15, -0.1) is 0 Å². The van der Waals surface area contributed by atoms with Crippen molar-refractivity contribution in [3.8, 4) is 11.8 Å². The SMILES string of the molecule is N#CC1=C(N)n2c(=O)c3ccccc3c(=O)n2C1c1ccccc1O. The van der Waals surface area contributed by atoms with Gasteiger partial charge >= 0.3 is 0 Å². The van der Waals surface area contributed by atoms with E-state index in [-0.39, 0.29) is 27.9 Å². The second kappa shape index (κ2) is 5.11. The van der Waals surface area contributed by atoms with E-state index >= 15 is 0 Å². The van der Waals surface area contributed by atoms with Crippen molar-refractivity contribution < 1.29 is 5.11 Å². The fraction of sp³-hybridized carbons (Fsp3) is 0.0556. The van der Waals surface area contributed by atoms with E-state index in [1.54, 1.807) is 42.5 Å². The zero-order chi connectivity index (χ0) is 17.7. The topological polar surface area (TPSA) is 114 Å². The van der Waals surface area contributed by atoms with E-state index in [2.05, 4.69) is 0 Å². The van der Waals surface area contributed by atoms with E-state index in [0.717, 1.165) is 9.36 Å². The Morgan fingerprint density at radius 2 is 1.60 bits per heavy atom. The van der Waals surface area contributed by atoms with Gasteiger partial charge in [0.2, 0.25) is 0 Å². The first-order valence-electron chi connectivity index (χ1n) is 7.51. The van der Waals surface area contributed by atoms with E-state index in [9.17, 15) is 20.0 Å². The minimum absolute atomic E-state index is 0.0380. The van der Waals surface area contributed by atoms with Crippen LogP contribution >= 0.6 is 0 Å². The molecule has 1 aliphatic rings. The van der Waals surface area contributed by atoms with E-state index in [1.807, 2.05) is 6.07 Å². The van der Waals surface area contributed by atoms with Crippen LogP contribution < -0.4 is 16.9 Å². The Hall–Kier alpha value is -3.79. The first-order valence-corrected chi connectivity index (χ1v) is 7.51. The van der Waals surface area contributed by atoms with Crippen LogP contribution in [0.5, 0.6) is 5.75 Å². The molecule has 0 saturated heterocycles. The highest BCUT2D eigenvalue weighted by Gasteiger charge is 2.35. The Bertz CT molecular complexity index is 1230. The average molecular weight is 332 g/mol. The lowest BCUT2D eigenvalue weighted by atomic mass is 9.99. The van der Waals surface area contributed by atoms with Crippen LogP contribution in [0, 0.1) is 11.3 Å². The molecule has 2 heterocycles. The Balaban J connectivity index is 2.20. The van der Waals surface area contributed by atoms with E-state index in [4.69, 9.17) is 5.73 Å². The quantitative estimate of drug-likeness (QED) is 0.693. The first-order chi connectivity index (χ1) is 12.1. The van der Waals surface area contributed by atoms with Crippen LogP contribution in [0.3, 0.4) is 0 Å². The number of nitrogens with zero attached hydrogens (tertiary/aromatic N) is 3. The van der Waals surface area contributed by atoms with Crippen LogP contribution in [0.1, 0.15) is 11.6 Å². The summed E-state index contributed by atoms with van der Waals surface area (Å²) in [5, 5.41) is 20.2. The molecule has 0 aliphatic carbocycles. The molecule has 1 unspecified atom stereocenters. The Morgan fingerprint density at radius 3 is 2.24 bits per heavy atom. The maximum Gasteiger partial charge on any atom is 0.279 e. The molecule has 4 rings (SSSR count). The Kier molecular flexibility index (Phi) is 3.02. The number of aromatic hydroxyl groups is 1. The molecule has 0 bridgehead atoms. The number of rotatable bonds is 1. The number of phenolic OH excluding ortho intramolecular Hbond substituents is 1. The zero-order valence-corrected chi connectivity index (χ0v) is 12.9. The number of phenols is 1. The van der Waals surface area contributed by atoms with Crippen LogP contribution in [0.2, 0.25) is 0 Å². The van der Waals surface area contributed by atoms with Gasteiger partial charge in [0.05, 0.1) is 10.8 Å². The third-order valence-electron chi connectivity index (χ3n) is 4.38. The highest BCUT2D eigenvalue weighted by Crippen LogP contribution is 2.36. The summed E-state index contributed by atoms with van der Waals surface area (Å²) in [6.07, 6.45) is 0. The summed E-state index contributed by atoms with van der Waals surface area (Å²) in [6.45, 7) is 0. The predicted octanol–water partition coefficient (Wildman–Crippen LogP) is 1.12. The first kappa shape index (κ1) is 14.8. The van der Waals surface area contributed by atoms with Crippen molar-refractivity contribution in [2.75, 3.05) is 0 Å². The highest BCUT2D eigenvalue weighted by molar-refractivity contribution is 5.82. The molecule has 2 aromatic carbocycles. The third-order valence-corrected chi connectivity index (χ3v) is 4.38. The fourth-order valence-electron chi connectivity index (χ4n) is 3.24. The summed E-state index contributed by atoms with van der Waals surface area (Å²) >= 11 is 0. The lowest BCUT2D eigenvalue weighted by Crippen LogP contribution is -2.38. The lowest BCUT2D eigenvalue weighted by Gasteiger charge is -2.17. The molecule has 25 heavy (non-hydrogen) atoms. The number of hydrogen-bond acceptors (Lipinski definition) is 5. The van der Waals surface area contributed by atoms with Gasteiger partial charge in [-0.05, 0) is 18.2 Å². The van der Waals surface area contributed by atoms with Crippen LogP contribution in [0.15, 0.2) is 63.7 Å². The number of para-hydroxylation sites is 1. The molecule has 0 saturated carbocycles. The van der Waals surface area contributed by atoms with Crippen molar-refractivity contribution in [3.63, 3.8) is 0 Å². The van der Waals surface area contributed by atoms with Gasteiger partial charge in [0.1, 0.15) is 29.3 Å². The predicted molar refractivity (Wildman–Crippen MR) is 91.7 cm³/mol. The molecular weight excluding hydrogens is 320 g/mol. The van der Waals surface area contributed by atoms with E-state index in [0.29, 0.717) is 5.56 Å². The molecule has 0 amide bonds.